The fourth-order valence-corrected chi connectivity index (χ4v) is 2.08. The normalized spacial score (nSPS) is 12.6. The molecule has 1 N–H and O–H groups in total. The van der Waals surface area contributed by atoms with Crippen molar-refractivity contribution in [3.8, 4) is 11.5 Å². The molecule has 3 rings (SSSR count). The first-order valence-corrected chi connectivity index (χ1v) is 5.80. The van der Waals surface area contributed by atoms with Crippen LogP contribution in [0.3, 0.4) is 0 Å². The van der Waals surface area contributed by atoms with Gasteiger partial charge in [0.1, 0.15) is 0 Å². The minimum absolute atomic E-state index is 0.0700. The molecule has 0 saturated carbocycles. The lowest BCUT2D eigenvalue weighted by atomic mass is 10.1. The van der Waals surface area contributed by atoms with E-state index < -0.39 is 17.1 Å². The number of benzene rings is 1. The quantitative estimate of drug-likeness (QED) is 0.840. The van der Waals surface area contributed by atoms with Crippen molar-refractivity contribution in [3.63, 3.8) is 0 Å². The van der Waals surface area contributed by atoms with Crippen LogP contribution in [0.25, 0.3) is 10.9 Å². The summed E-state index contributed by atoms with van der Waals surface area (Å²) in [6.45, 7) is 3.93. The summed E-state index contributed by atoms with van der Waals surface area (Å²) in [7, 11) is 0. The van der Waals surface area contributed by atoms with Gasteiger partial charge in [-0.15, -0.1) is 6.58 Å². The number of hydrogen-bond acceptors (Lipinski definition) is 5. The minimum atomic E-state index is -1.37. The summed E-state index contributed by atoms with van der Waals surface area (Å²) >= 11 is 0. The molecule has 2 heterocycles. The van der Waals surface area contributed by atoms with Gasteiger partial charge in [0.2, 0.25) is 17.9 Å². The van der Waals surface area contributed by atoms with Gasteiger partial charge in [-0.05, 0) is 6.07 Å². The van der Waals surface area contributed by atoms with Crippen molar-refractivity contribution in [1.82, 2.24) is 9.78 Å². The summed E-state index contributed by atoms with van der Waals surface area (Å²) in [5.41, 5.74) is -0.700. The number of aromatic carboxylic acids is 1. The van der Waals surface area contributed by atoms with E-state index in [1.165, 1.54) is 10.7 Å². The van der Waals surface area contributed by atoms with Crippen LogP contribution < -0.4 is 14.9 Å². The van der Waals surface area contributed by atoms with Crippen LogP contribution in [-0.4, -0.2) is 27.6 Å². The molecule has 7 nitrogen and oxygen atoms in total. The second-order valence-corrected chi connectivity index (χ2v) is 4.18. The second kappa shape index (κ2) is 4.37. The van der Waals surface area contributed by atoms with Crippen LogP contribution in [0.1, 0.15) is 10.5 Å². The van der Waals surface area contributed by atoms with E-state index in [0.29, 0.717) is 17.0 Å². The lowest BCUT2D eigenvalue weighted by molar-refractivity contribution is 0.0686. The molecule has 0 spiro atoms. The van der Waals surface area contributed by atoms with Crippen molar-refractivity contribution in [2.75, 3.05) is 6.79 Å². The van der Waals surface area contributed by atoms with Crippen molar-refractivity contribution < 1.29 is 19.4 Å². The van der Waals surface area contributed by atoms with Gasteiger partial charge in [-0.1, -0.05) is 6.08 Å². The van der Waals surface area contributed by atoms with E-state index in [1.807, 2.05) is 0 Å². The molecule has 1 aliphatic heterocycles. The Morgan fingerprint density at radius 3 is 2.80 bits per heavy atom. The summed E-state index contributed by atoms with van der Waals surface area (Å²) in [4.78, 5) is 23.2. The lowest BCUT2D eigenvalue weighted by Gasteiger charge is -2.09. The van der Waals surface area contributed by atoms with Crippen LogP contribution in [0.5, 0.6) is 11.5 Å². The molecule has 0 fully saturated rings. The Hall–Kier alpha value is -2.83. The van der Waals surface area contributed by atoms with Gasteiger partial charge in [-0.3, -0.25) is 9.48 Å². The van der Waals surface area contributed by atoms with E-state index in [1.54, 1.807) is 12.1 Å². The third-order valence-electron chi connectivity index (χ3n) is 2.95. The average Bonchev–Trinajstić information content (AvgIpc) is 2.87. The van der Waals surface area contributed by atoms with Crippen LogP contribution in [-0.2, 0) is 6.54 Å². The summed E-state index contributed by atoms with van der Waals surface area (Å²) in [5.74, 6) is -0.450. The monoisotopic (exact) mass is 274 g/mol. The van der Waals surface area contributed by atoms with Crippen molar-refractivity contribution >= 4 is 16.9 Å². The van der Waals surface area contributed by atoms with Crippen LogP contribution >= 0.6 is 0 Å². The highest BCUT2D eigenvalue weighted by Crippen LogP contribution is 2.34. The standard InChI is InChI=1S/C13H10N2O5/c1-2-3-15-8-5-10-9(19-6-20-10)4-7(8)12(16)11(14-15)13(17)18/h2,4-5H,1,3,6H2,(H,17,18). The van der Waals surface area contributed by atoms with E-state index in [-0.39, 0.29) is 18.7 Å². The Kier molecular flexibility index (Phi) is 2.67. The van der Waals surface area contributed by atoms with Gasteiger partial charge >= 0.3 is 5.97 Å². The van der Waals surface area contributed by atoms with E-state index in [9.17, 15) is 9.59 Å². The topological polar surface area (TPSA) is 90.7 Å². The third-order valence-corrected chi connectivity index (χ3v) is 2.95. The first-order chi connectivity index (χ1) is 9.61. The van der Waals surface area contributed by atoms with Gasteiger partial charge in [0, 0.05) is 6.07 Å². The van der Waals surface area contributed by atoms with Gasteiger partial charge in [-0.2, -0.15) is 5.10 Å². The molecule has 7 heteroatoms. The van der Waals surface area contributed by atoms with Crippen molar-refractivity contribution in [1.29, 1.82) is 0 Å². The highest BCUT2D eigenvalue weighted by atomic mass is 16.7. The largest absolute Gasteiger partial charge is 0.476 e. The van der Waals surface area contributed by atoms with E-state index in [2.05, 4.69) is 11.7 Å². The summed E-state index contributed by atoms with van der Waals surface area (Å²) < 4.78 is 11.9. The lowest BCUT2D eigenvalue weighted by Crippen LogP contribution is -2.22. The zero-order chi connectivity index (χ0) is 14.3. The number of allylic oxidation sites excluding steroid dienone is 1. The van der Waals surface area contributed by atoms with Gasteiger partial charge in [-0.25, -0.2) is 4.79 Å². The predicted octanol–water partition coefficient (Wildman–Crippen LogP) is 1.01. The molecule has 1 aromatic heterocycles. The fourth-order valence-electron chi connectivity index (χ4n) is 2.08. The fraction of sp³-hybridized carbons (Fsp3) is 0.154. The average molecular weight is 274 g/mol. The summed E-state index contributed by atoms with van der Waals surface area (Å²) in [5, 5.41) is 13.1. The van der Waals surface area contributed by atoms with Crippen molar-refractivity contribution in [3.05, 3.63) is 40.7 Å². The number of carbonyl (C=O) groups is 1. The van der Waals surface area contributed by atoms with Crippen LogP contribution in [0.2, 0.25) is 0 Å². The smallest absolute Gasteiger partial charge is 0.360 e. The summed E-state index contributed by atoms with van der Waals surface area (Å²) in [6, 6.07) is 3.09. The predicted molar refractivity (Wildman–Crippen MR) is 69.3 cm³/mol. The highest BCUT2D eigenvalue weighted by molar-refractivity contribution is 5.91. The number of carboxylic acids is 1. The number of nitrogens with zero attached hydrogens (tertiary/aromatic N) is 2. The first-order valence-electron chi connectivity index (χ1n) is 5.80. The molecule has 0 aliphatic carbocycles. The number of ether oxygens (including phenoxy) is 2. The molecule has 0 unspecified atom stereocenters. The molecule has 0 radical (unpaired) electrons. The van der Waals surface area contributed by atoms with E-state index in [4.69, 9.17) is 14.6 Å². The molecule has 0 amide bonds. The number of fused-ring (bicyclic) bond motifs is 2. The molecule has 20 heavy (non-hydrogen) atoms. The van der Waals surface area contributed by atoms with Crippen molar-refractivity contribution in [2.45, 2.75) is 6.54 Å². The molecule has 2 aromatic rings. The van der Waals surface area contributed by atoms with Crippen molar-refractivity contribution in [2.24, 2.45) is 0 Å². The maximum absolute atomic E-state index is 12.1. The Morgan fingerprint density at radius 1 is 1.45 bits per heavy atom. The molecular weight excluding hydrogens is 264 g/mol. The molecule has 0 saturated heterocycles. The third kappa shape index (κ3) is 1.71. The SMILES string of the molecule is C=CCn1nc(C(=O)O)c(=O)c2cc3c(cc21)OCO3. The van der Waals surface area contributed by atoms with Crippen LogP contribution in [0.4, 0.5) is 0 Å². The molecule has 1 aromatic carbocycles. The number of rotatable bonds is 3. The zero-order valence-corrected chi connectivity index (χ0v) is 10.3. The molecule has 1 aliphatic rings. The van der Waals surface area contributed by atoms with Crippen LogP contribution in [0, 0.1) is 0 Å². The summed E-state index contributed by atoms with van der Waals surface area (Å²) in [6.07, 6.45) is 1.56. The Bertz CT molecular complexity index is 793. The zero-order valence-electron chi connectivity index (χ0n) is 10.3. The van der Waals surface area contributed by atoms with Gasteiger partial charge in [0.25, 0.3) is 0 Å². The van der Waals surface area contributed by atoms with E-state index >= 15 is 0 Å². The maximum atomic E-state index is 12.1. The van der Waals surface area contributed by atoms with Gasteiger partial charge < -0.3 is 14.6 Å². The van der Waals surface area contributed by atoms with Crippen LogP contribution in [0.15, 0.2) is 29.6 Å². The number of aromatic nitrogens is 2. The number of carboxylic acid groups (broad SMARTS) is 1. The second-order valence-electron chi connectivity index (χ2n) is 4.18. The minimum Gasteiger partial charge on any atom is -0.476 e. The Labute approximate surface area is 112 Å². The van der Waals surface area contributed by atoms with Gasteiger partial charge in [0.05, 0.1) is 17.4 Å². The molecule has 0 atom stereocenters. The van der Waals surface area contributed by atoms with Gasteiger partial charge in [0.15, 0.2) is 11.5 Å². The maximum Gasteiger partial charge on any atom is 0.360 e. The Morgan fingerprint density at radius 2 is 2.15 bits per heavy atom. The Balaban J connectivity index is 2.40. The first kappa shape index (κ1) is 12.2. The molecule has 0 bridgehead atoms. The molecular formula is C13H10N2O5. The van der Waals surface area contributed by atoms with E-state index in [0.717, 1.165) is 0 Å². The number of hydrogen-bond donors (Lipinski definition) is 1. The highest BCUT2D eigenvalue weighted by Gasteiger charge is 2.21. The molecule has 102 valence electrons.